The number of esters is 1. The number of carbonyl (C=O) groups excluding carboxylic acids is 2. The number of para-hydroxylation sites is 1. The maximum atomic E-state index is 12.9. The molecule has 2 aromatic carbocycles. The molecule has 2 aromatic heterocycles. The average molecular weight is 549 g/mol. The molecule has 10 heteroatoms. The molecule has 0 aliphatic carbocycles. The predicted octanol–water partition coefficient (Wildman–Crippen LogP) is 5.99. The number of allylic oxidation sites excluding steroid dienone is 1. The molecule has 4 aromatic rings. The highest BCUT2D eigenvalue weighted by molar-refractivity contribution is 7.99. The van der Waals surface area contributed by atoms with Gasteiger partial charge in [-0.2, -0.15) is 0 Å². The summed E-state index contributed by atoms with van der Waals surface area (Å²) in [5.74, 6) is 0.741. The third kappa shape index (κ3) is 6.51. The van der Waals surface area contributed by atoms with Crippen molar-refractivity contribution in [3.8, 4) is 16.9 Å². The van der Waals surface area contributed by atoms with Crippen molar-refractivity contribution in [2.45, 2.75) is 32.2 Å². The van der Waals surface area contributed by atoms with Crippen LogP contribution in [0.25, 0.3) is 11.1 Å². The Morgan fingerprint density at radius 2 is 1.89 bits per heavy atom. The molecule has 4 rings (SSSR count). The van der Waals surface area contributed by atoms with Crippen molar-refractivity contribution in [3.05, 3.63) is 89.6 Å². The molecule has 38 heavy (non-hydrogen) atoms. The predicted molar refractivity (Wildman–Crippen MR) is 151 cm³/mol. The summed E-state index contributed by atoms with van der Waals surface area (Å²) in [5, 5.41) is 14.3. The molecule has 0 unspecified atom stereocenters. The second kappa shape index (κ2) is 13.1. The minimum absolute atomic E-state index is 0.0781. The van der Waals surface area contributed by atoms with Crippen molar-refractivity contribution >= 4 is 40.0 Å². The summed E-state index contributed by atoms with van der Waals surface area (Å²) in [7, 11) is 0. The lowest BCUT2D eigenvalue weighted by atomic mass is 10.0. The van der Waals surface area contributed by atoms with Crippen LogP contribution in [0, 0.1) is 6.92 Å². The molecule has 0 spiro atoms. The first kappa shape index (κ1) is 27.2. The van der Waals surface area contributed by atoms with E-state index in [1.54, 1.807) is 13.0 Å². The lowest BCUT2D eigenvalue weighted by Gasteiger charge is -2.11. The van der Waals surface area contributed by atoms with Gasteiger partial charge in [0.05, 0.1) is 12.4 Å². The molecule has 1 amide bonds. The van der Waals surface area contributed by atoms with E-state index in [0.717, 1.165) is 22.4 Å². The number of rotatable bonds is 12. The van der Waals surface area contributed by atoms with E-state index in [0.29, 0.717) is 28.1 Å². The van der Waals surface area contributed by atoms with Gasteiger partial charge in [-0.1, -0.05) is 66.4 Å². The van der Waals surface area contributed by atoms with E-state index >= 15 is 0 Å². The molecule has 2 heterocycles. The first-order valence-corrected chi connectivity index (χ1v) is 13.9. The zero-order valence-electron chi connectivity index (χ0n) is 21.2. The molecule has 196 valence electrons. The minimum atomic E-state index is -0.473. The number of aromatic nitrogens is 3. The van der Waals surface area contributed by atoms with Crippen molar-refractivity contribution in [1.82, 2.24) is 14.8 Å². The lowest BCUT2D eigenvalue weighted by Crippen LogP contribution is -2.17. The van der Waals surface area contributed by atoms with Crippen LogP contribution in [-0.4, -0.2) is 39.0 Å². The summed E-state index contributed by atoms with van der Waals surface area (Å²) in [6.07, 6.45) is 1.74. The van der Waals surface area contributed by atoms with Crippen LogP contribution in [-0.2, 0) is 22.7 Å². The topological polar surface area (TPSA) is 95.3 Å². The highest BCUT2D eigenvalue weighted by Gasteiger charge is 2.23. The number of hydrogen-bond donors (Lipinski definition) is 1. The molecule has 8 nitrogen and oxygen atoms in total. The number of carbonyl (C=O) groups is 2. The number of nitrogens with zero attached hydrogens (tertiary/aromatic N) is 3. The van der Waals surface area contributed by atoms with Crippen molar-refractivity contribution in [3.63, 3.8) is 0 Å². The SMILES string of the molecule is C=CCn1c(COc2ccccc2C)nnc1SCC(=O)Nc1scc(-c2ccccc2)c1C(=O)OCC. The van der Waals surface area contributed by atoms with Gasteiger partial charge in [-0.25, -0.2) is 4.79 Å². The van der Waals surface area contributed by atoms with E-state index in [2.05, 4.69) is 22.1 Å². The number of ether oxygens (including phenoxy) is 2. The molecule has 0 saturated carbocycles. The summed E-state index contributed by atoms with van der Waals surface area (Å²) in [6.45, 7) is 8.50. The Hall–Kier alpha value is -3.89. The third-order valence-electron chi connectivity index (χ3n) is 5.50. The van der Waals surface area contributed by atoms with Crippen LogP contribution in [0.5, 0.6) is 5.75 Å². The second-order valence-electron chi connectivity index (χ2n) is 8.13. The van der Waals surface area contributed by atoms with Gasteiger partial charge in [0.15, 0.2) is 11.0 Å². The smallest absolute Gasteiger partial charge is 0.341 e. The number of amides is 1. The zero-order chi connectivity index (χ0) is 26.9. The van der Waals surface area contributed by atoms with Crippen molar-refractivity contribution in [1.29, 1.82) is 0 Å². The first-order chi connectivity index (χ1) is 18.5. The van der Waals surface area contributed by atoms with Crippen molar-refractivity contribution < 1.29 is 19.1 Å². The van der Waals surface area contributed by atoms with Gasteiger partial charge < -0.3 is 14.8 Å². The van der Waals surface area contributed by atoms with Gasteiger partial charge >= 0.3 is 5.97 Å². The minimum Gasteiger partial charge on any atom is -0.485 e. The Labute approximate surface area is 229 Å². The Balaban J connectivity index is 1.45. The van der Waals surface area contributed by atoms with Crippen LogP contribution >= 0.6 is 23.1 Å². The third-order valence-corrected chi connectivity index (χ3v) is 7.36. The Morgan fingerprint density at radius 1 is 1.13 bits per heavy atom. The van der Waals surface area contributed by atoms with Gasteiger partial charge in [0.1, 0.15) is 22.9 Å². The van der Waals surface area contributed by atoms with Gasteiger partial charge in [-0.15, -0.1) is 28.1 Å². The molecule has 0 radical (unpaired) electrons. The summed E-state index contributed by atoms with van der Waals surface area (Å²) in [5.41, 5.74) is 2.98. The molecular formula is C28H28N4O4S2. The first-order valence-electron chi connectivity index (χ1n) is 12.0. The Kier molecular flexibility index (Phi) is 9.34. The number of nitrogens with one attached hydrogen (secondary N) is 1. The summed E-state index contributed by atoms with van der Waals surface area (Å²) in [4.78, 5) is 25.7. The fraction of sp³-hybridized carbons (Fsp3) is 0.214. The highest BCUT2D eigenvalue weighted by Crippen LogP contribution is 2.36. The number of thioether (sulfide) groups is 1. The molecule has 0 atom stereocenters. The number of aryl methyl sites for hydroxylation is 1. The zero-order valence-corrected chi connectivity index (χ0v) is 22.8. The lowest BCUT2D eigenvalue weighted by molar-refractivity contribution is -0.113. The monoisotopic (exact) mass is 548 g/mol. The van der Waals surface area contributed by atoms with E-state index < -0.39 is 5.97 Å². The summed E-state index contributed by atoms with van der Waals surface area (Å²) >= 11 is 2.54. The average Bonchev–Trinajstić information content (AvgIpc) is 3.52. The normalized spacial score (nSPS) is 10.7. The molecule has 0 aliphatic heterocycles. The van der Waals surface area contributed by atoms with Crippen LogP contribution in [0.2, 0.25) is 0 Å². The molecule has 0 saturated heterocycles. The maximum absolute atomic E-state index is 12.9. The maximum Gasteiger partial charge on any atom is 0.341 e. The van der Waals surface area contributed by atoms with Crippen LogP contribution in [0.1, 0.15) is 28.7 Å². The second-order valence-corrected chi connectivity index (χ2v) is 9.95. The van der Waals surface area contributed by atoms with E-state index in [4.69, 9.17) is 9.47 Å². The highest BCUT2D eigenvalue weighted by atomic mass is 32.2. The van der Waals surface area contributed by atoms with E-state index in [-0.39, 0.29) is 24.9 Å². The fourth-order valence-corrected chi connectivity index (χ4v) is 5.42. The van der Waals surface area contributed by atoms with Crippen LogP contribution < -0.4 is 10.1 Å². The Morgan fingerprint density at radius 3 is 2.63 bits per heavy atom. The Bertz CT molecular complexity index is 1420. The fourth-order valence-electron chi connectivity index (χ4n) is 3.68. The molecule has 0 fully saturated rings. The summed E-state index contributed by atoms with van der Waals surface area (Å²) < 4.78 is 13.1. The largest absolute Gasteiger partial charge is 0.485 e. The van der Waals surface area contributed by atoms with Crippen LogP contribution in [0.4, 0.5) is 5.00 Å². The molecular weight excluding hydrogens is 520 g/mol. The molecule has 0 aliphatic rings. The number of thiophene rings is 1. The van der Waals surface area contributed by atoms with Gasteiger partial charge in [0.2, 0.25) is 5.91 Å². The van der Waals surface area contributed by atoms with E-state index in [1.165, 1.54) is 23.1 Å². The van der Waals surface area contributed by atoms with Gasteiger partial charge in [-0.05, 0) is 31.0 Å². The van der Waals surface area contributed by atoms with E-state index in [1.807, 2.05) is 71.5 Å². The van der Waals surface area contributed by atoms with E-state index in [9.17, 15) is 9.59 Å². The van der Waals surface area contributed by atoms with Crippen LogP contribution in [0.15, 0.2) is 77.8 Å². The molecule has 1 N–H and O–H groups in total. The van der Waals surface area contributed by atoms with Crippen molar-refractivity contribution in [2.75, 3.05) is 17.7 Å². The molecule has 0 bridgehead atoms. The standard InChI is InChI=1S/C28H28N4O4S2/c1-4-15-32-23(16-36-22-14-10-9-11-19(22)3)30-31-28(32)38-18-24(33)29-26-25(27(34)35-5-2)21(17-37-26)20-12-7-6-8-13-20/h4,6-14,17H,1,5,15-16,18H2,2-3H3,(H,29,33). The van der Waals surface area contributed by atoms with Crippen molar-refractivity contribution in [2.24, 2.45) is 0 Å². The quantitative estimate of drug-likeness (QED) is 0.132. The number of benzene rings is 2. The van der Waals surface area contributed by atoms with Gasteiger partial charge in [0.25, 0.3) is 0 Å². The van der Waals surface area contributed by atoms with Crippen LogP contribution in [0.3, 0.4) is 0 Å². The van der Waals surface area contributed by atoms with Gasteiger partial charge in [-0.3, -0.25) is 9.36 Å². The summed E-state index contributed by atoms with van der Waals surface area (Å²) in [6, 6.07) is 17.3. The van der Waals surface area contributed by atoms with Gasteiger partial charge in [0, 0.05) is 17.5 Å². The number of anilines is 1. The number of hydrogen-bond acceptors (Lipinski definition) is 8.